The number of nitriles is 1. The first kappa shape index (κ1) is 16.2. The van der Waals surface area contributed by atoms with Crippen LogP contribution in [0.25, 0.3) is 18.2 Å². The number of rotatable bonds is 5. The highest BCUT2D eigenvalue weighted by Gasteiger charge is 2.09. The van der Waals surface area contributed by atoms with Crippen molar-refractivity contribution in [1.29, 1.82) is 5.26 Å². The minimum Gasteiger partial charge on any atom is -0.462 e. The van der Waals surface area contributed by atoms with E-state index < -0.39 is 5.97 Å². The average molecular weight is 304 g/mol. The fourth-order valence-corrected chi connectivity index (χ4v) is 1.87. The van der Waals surface area contributed by atoms with Crippen LogP contribution in [0.5, 0.6) is 0 Å². The quantitative estimate of drug-likeness (QED) is 0.480. The van der Waals surface area contributed by atoms with Gasteiger partial charge in [0.05, 0.1) is 12.3 Å². The van der Waals surface area contributed by atoms with E-state index in [2.05, 4.69) is 4.98 Å². The lowest BCUT2D eigenvalue weighted by Crippen LogP contribution is -2.05. The fourth-order valence-electron chi connectivity index (χ4n) is 1.87. The smallest absolute Gasteiger partial charge is 0.348 e. The van der Waals surface area contributed by atoms with Crippen LogP contribution in [-0.4, -0.2) is 17.6 Å². The van der Waals surface area contributed by atoms with Gasteiger partial charge in [-0.25, -0.2) is 4.79 Å². The number of benzene rings is 1. The SMILES string of the molecule is CCOC(=O)/C(C#N)=C\c1ccc(/C=C/c2ccccn2)cc1. The van der Waals surface area contributed by atoms with Gasteiger partial charge in [-0.1, -0.05) is 36.4 Å². The second-order valence-electron chi connectivity index (χ2n) is 4.64. The summed E-state index contributed by atoms with van der Waals surface area (Å²) in [6, 6.07) is 15.1. The highest BCUT2D eigenvalue weighted by atomic mass is 16.5. The van der Waals surface area contributed by atoms with Gasteiger partial charge < -0.3 is 4.74 Å². The largest absolute Gasteiger partial charge is 0.462 e. The Morgan fingerprint density at radius 1 is 1.17 bits per heavy atom. The molecular weight excluding hydrogens is 288 g/mol. The summed E-state index contributed by atoms with van der Waals surface area (Å²) in [5.74, 6) is -0.603. The molecule has 0 aliphatic carbocycles. The number of aromatic nitrogens is 1. The van der Waals surface area contributed by atoms with Gasteiger partial charge in [-0.05, 0) is 42.3 Å². The average Bonchev–Trinajstić information content (AvgIpc) is 2.60. The zero-order chi connectivity index (χ0) is 16.5. The molecule has 4 nitrogen and oxygen atoms in total. The van der Waals surface area contributed by atoms with Gasteiger partial charge in [0, 0.05) is 6.20 Å². The number of hydrogen-bond donors (Lipinski definition) is 0. The standard InChI is InChI=1S/C19H16N2O2/c1-2-23-19(22)17(14-20)13-16-8-6-15(7-9-16)10-11-18-5-3-4-12-21-18/h3-13H,2H2,1H3/b11-10+,17-13-. The first-order valence-electron chi connectivity index (χ1n) is 7.21. The molecule has 0 bridgehead atoms. The number of nitrogens with zero attached hydrogens (tertiary/aromatic N) is 2. The molecule has 2 aromatic rings. The Balaban J connectivity index is 2.12. The number of hydrogen-bond acceptors (Lipinski definition) is 4. The summed E-state index contributed by atoms with van der Waals surface area (Å²) < 4.78 is 4.83. The summed E-state index contributed by atoms with van der Waals surface area (Å²) in [6.45, 7) is 1.95. The minimum absolute atomic E-state index is 0.0105. The molecule has 1 heterocycles. The van der Waals surface area contributed by atoms with Crippen molar-refractivity contribution in [1.82, 2.24) is 4.98 Å². The summed E-state index contributed by atoms with van der Waals surface area (Å²) >= 11 is 0. The van der Waals surface area contributed by atoms with E-state index in [9.17, 15) is 4.79 Å². The van der Waals surface area contributed by atoms with Crippen LogP contribution in [0.4, 0.5) is 0 Å². The molecule has 0 saturated heterocycles. The molecule has 1 aromatic heterocycles. The van der Waals surface area contributed by atoms with E-state index in [-0.39, 0.29) is 12.2 Å². The van der Waals surface area contributed by atoms with Gasteiger partial charge in [0.2, 0.25) is 0 Å². The van der Waals surface area contributed by atoms with Gasteiger partial charge in [0.1, 0.15) is 11.6 Å². The van der Waals surface area contributed by atoms with E-state index in [0.717, 1.165) is 16.8 Å². The molecule has 0 spiro atoms. The van der Waals surface area contributed by atoms with Crippen molar-refractivity contribution in [2.45, 2.75) is 6.92 Å². The third-order valence-corrected chi connectivity index (χ3v) is 3.00. The number of carbonyl (C=O) groups excluding carboxylic acids is 1. The van der Waals surface area contributed by atoms with Crippen molar-refractivity contribution in [2.75, 3.05) is 6.61 Å². The maximum absolute atomic E-state index is 11.6. The van der Waals surface area contributed by atoms with E-state index in [1.807, 2.05) is 60.7 Å². The molecule has 0 amide bonds. The van der Waals surface area contributed by atoms with E-state index >= 15 is 0 Å². The van der Waals surface area contributed by atoms with Crippen molar-refractivity contribution in [3.05, 3.63) is 71.1 Å². The Labute approximate surface area is 135 Å². The molecule has 0 radical (unpaired) electrons. The normalized spacial score (nSPS) is 11.2. The lowest BCUT2D eigenvalue weighted by Gasteiger charge is -2.00. The Morgan fingerprint density at radius 3 is 2.52 bits per heavy atom. The number of esters is 1. The molecule has 0 unspecified atom stereocenters. The summed E-state index contributed by atoms with van der Waals surface area (Å²) in [5.41, 5.74) is 2.64. The molecule has 0 N–H and O–H groups in total. The summed E-state index contributed by atoms with van der Waals surface area (Å²) in [4.78, 5) is 15.8. The number of pyridine rings is 1. The van der Waals surface area contributed by atoms with Crippen molar-refractivity contribution >= 4 is 24.2 Å². The third-order valence-electron chi connectivity index (χ3n) is 3.00. The van der Waals surface area contributed by atoms with Crippen molar-refractivity contribution < 1.29 is 9.53 Å². The maximum Gasteiger partial charge on any atom is 0.348 e. The van der Waals surface area contributed by atoms with Gasteiger partial charge >= 0.3 is 5.97 Å². The first-order valence-corrected chi connectivity index (χ1v) is 7.21. The highest BCUT2D eigenvalue weighted by Crippen LogP contribution is 2.12. The Kier molecular flexibility index (Phi) is 5.84. The highest BCUT2D eigenvalue weighted by molar-refractivity contribution is 5.97. The van der Waals surface area contributed by atoms with Crippen molar-refractivity contribution in [2.24, 2.45) is 0 Å². The predicted molar refractivity (Wildman–Crippen MR) is 89.8 cm³/mol. The monoisotopic (exact) mass is 304 g/mol. The van der Waals surface area contributed by atoms with Gasteiger partial charge in [-0.15, -0.1) is 0 Å². The van der Waals surface area contributed by atoms with Crippen LogP contribution < -0.4 is 0 Å². The second kappa shape index (κ2) is 8.30. The van der Waals surface area contributed by atoms with Gasteiger partial charge in [0.25, 0.3) is 0 Å². The molecule has 0 aliphatic heterocycles. The van der Waals surface area contributed by atoms with E-state index in [0.29, 0.717) is 0 Å². The van der Waals surface area contributed by atoms with Gasteiger partial charge in [-0.3, -0.25) is 4.98 Å². The molecule has 2 rings (SSSR count). The number of carbonyl (C=O) groups is 1. The van der Waals surface area contributed by atoms with Crippen LogP contribution >= 0.6 is 0 Å². The van der Waals surface area contributed by atoms with E-state index in [1.165, 1.54) is 6.08 Å². The minimum atomic E-state index is -0.603. The molecule has 23 heavy (non-hydrogen) atoms. The van der Waals surface area contributed by atoms with Crippen LogP contribution in [0.15, 0.2) is 54.2 Å². The van der Waals surface area contributed by atoms with Crippen molar-refractivity contribution in [3.8, 4) is 6.07 Å². The van der Waals surface area contributed by atoms with Crippen LogP contribution in [0, 0.1) is 11.3 Å². The van der Waals surface area contributed by atoms with Crippen LogP contribution in [0.1, 0.15) is 23.7 Å². The Hall–Kier alpha value is -3.19. The van der Waals surface area contributed by atoms with Crippen LogP contribution in [0.2, 0.25) is 0 Å². The lowest BCUT2D eigenvalue weighted by molar-refractivity contribution is -0.137. The summed E-state index contributed by atoms with van der Waals surface area (Å²) in [6.07, 6.45) is 7.13. The Bertz CT molecular complexity index is 754. The molecule has 0 saturated carbocycles. The molecule has 0 fully saturated rings. The second-order valence-corrected chi connectivity index (χ2v) is 4.64. The molecule has 1 aromatic carbocycles. The molecule has 0 atom stereocenters. The van der Waals surface area contributed by atoms with Crippen LogP contribution in [0.3, 0.4) is 0 Å². The topological polar surface area (TPSA) is 63.0 Å². The fraction of sp³-hybridized carbons (Fsp3) is 0.105. The summed E-state index contributed by atoms with van der Waals surface area (Å²) in [7, 11) is 0. The zero-order valence-corrected chi connectivity index (χ0v) is 12.8. The van der Waals surface area contributed by atoms with Crippen molar-refractivity contribution in [3.63, 3.8) is 0 Å². The van der Waals surface area contributed by atoms with Crippen LogP contribution in [-0.2, 0) is 9.53 Å². The maximum atomic E-state index is 11.6. The molecule has 4 heteroatoms. The van der Waals surface area contributed by atoms with E-state index in [1.54, 1.807) is 13.1 Å². The Morgan fingerprint density at radius 2 is 1.91 bits per heavy atom. The lowest BCUT2D eigenvalue weighted by atomic mass is 10.1. The summed E-state index contributed by atoms with van der Waals surface area (Å²) in [5, 5.41) is 9.01. The van der Waals surface area contributed by atoms with Gasteiger partial charge in [0.15, 0.2) is 0 Å². The first-order chi connectivity index (χ1) is 11.2. The van der Waals surface area contributed by atoms with E-state index in [4.69, 9.17) is 10.00 Å². The van der Waals surface area contributed by atoms with Gasteiger partial charge in [-0.2, -0.15) is 5.26 Å². The zero-order valence-electron chi connectivity index (χ0n) is 12.8. The predicted octanol–water partition coefficient (Wildman–Crippen LogP) is 3.72. The number of ether oxygens (including phenoxy) is 1. The molecule has 114 valence electrons. The molecular formula is C19H16N2O2. The third kappa shape index (κ3) is 4.94. The molecule has 0 aliphatic rings.